The van der Waals surface area contributed by atoms with Crippen molar-refractivity contribution in [1.82, 2.24) is 0 Å². The van der Waals surface area contributed by atoms with E-state index in [4.69, 9.17) is 4.74 Å². The summed E-state index contributed by atoms with van der Waals surface area (Å²) in [6.07, 6.45) is 0.265. The lowest BCUT2D eigenvalue weighted by atomic mass is 10.0. The molecule has 0 bridgehead atoms. The summed E-state index contributed by atoms with van der Waals surface area (Å²) in [4.78, 5) is 24.3. The summed E-state index contributed by atoms with van der Waals surface area (Å²) in [6, 6.07) is 8.45. The first-order chi connectivity index (χ1) is 11.9. The van der Waals surface area contributed by atoms with Gasteiger partial charge in [-0.05, 0) is 43.0 Å². The molecule has 1 atom stereocenters. The Balaban J connectivity index is 1.75. The molecule has 0 aromatic heterocycles. The average Bonchev–Trinajstić information content (AvgIpc) is 2.86. The molecule has 3 rings (SSSR count). The number of carbonyl (C=O) groups excluding carboxylic acids is 2. The van der Waals surface area contributed by atoms with E-state index in [0.717, 1.165) is 16.8 Å². The van der Waals surface area contributed by atoms with Gasteiger partial charge in [-0.1, -0.05) is 25.1 Å². The first-order valence-corrected chi connectivity index (χ1v) is 8.23. The van der Waals surface area contributed by atoms with E-state index in [1.54, 1.807) is 0 Å². The van der Waals surface area contributed by atoms with E-state index in [1.807, 2.05) is 39.0 Å². The first kappa shape index (κ1) is 17.1. The third-order valence-corrected chi connectivity index (χ3v) is 4.52. The molecule has 2 aromatic carbocycles. The van der Waals surface area contributed by atoms with Crippen molar-refractivity contribution in [3.63, 3.8) is 0 Å². The molecule has 1 N–H and O–H groups in total. The van der Waals surface area contributed by atoms with Crippen LogP contribution >= 0.6 is 0 Å². The third-order valence-electron chi connectivity index (χ3n) is 4.52. The molecule has 1 aliphatic carbocycles. The Morgan fingerprint density at radius 1 is 1.24 bits per heavy atom. The normalized spacial score (nSPS) is 15.8. The molecule has 130 valence electrons. The Bertz CT molecular complexity index is 840. The lowest BCUT2D eigenvalue weighted by molar-refractivity contribution is -0.118. The Hall–Kier alpha value is -2.69. The van der Waals surface area contributed by atoms with E-state index < -0.39 is 5.82 Å². The number of anilines is 1. The maximum absolute atomic E-state index is 14.0. The van der Waals surface area contributed by atoms with Crippen molar-refractivity contribution in [2.45, 2.75) is 33.1 Å². The van der Waals surface area contributed by atoms with Gasteiger partial charge in [0, 0.05) is 17.7 Å². The molecule has 2 aromatic rings. The quantitative estimate of drug-likeness (QED) is 0.909. The van der Waals surface area contributed by atoms with Crippen molar-refractivity contribution in [3.8, 4) is 5.75 Å². The minimum atomic E-state index is -0.402. The van der Waals surface area contributed by atoms with E-state index in [2.05, 4.69) is 5.32 Å². The van der Waals surface area contributed by atoms with Gasteiger partial charge in [0.2, 0.25) is 0 Å². The van der Waals surface area contributed by atoms with Crippen LogP contribution in [-0.4, -0.2) is 18.3 Å². The summed E-state index contributed by atoms with van der Waals surface area (Å²) in [5, 5.41) is 2.82. The Morgan fingerprint density at radius 3 is 2.60 bits per heavy atom. The lowest BCUT2D eigenvalue weighted by Crippen LogP contribution is -2.21. The van der Waals surface area contributed by atoms with Gasteiger partial charge in [0.1, 0.15) is 11.6 Å². The monoisotopic (exact) mass is 341 g/mol. The molecule has 0 radical (unpaired) electrons. The average molecular weight is 341 g/mol. The zero-order valence-electron chi connectivity index (χ0n) is 14.5. The number of amides is 1. The number of nitrogens with one attached hydrogen (secondary N) is 1. The van der Waals surface area contributed by atoms with Crippen LogP contribution in [0.2, 0.25) is 0 Å². The zero-order chi connectivity index (χ0) is 18.1. The molecule has 0 saturated heterocycles. The van der Waals surface area contributed by atoms with Crippen molar-refractivity contribution in [3.05, 3.63) is 58.4 Å². The molecule has 5 heteroatoms. The number of para-hydroxylation sites is 1. The van der Waals surface area contributed by atoms with Crippen molar-refractivity contribution in [1.29, 1.82) is 0 Å². The highest BCUT2D eigenvalue weighted by Gasteiger charge is 2.32. The van der Waals surface area contributed by atoms with Gasteiger partial charge in [0.25, 0.3) is 5.91 Å². The summed E-state index contributed by atoms with van der Waals surface area (Å²) in [7, 11) is 0. The van der Waals surface area contributed by atoms with Gasteiger partial charge in [0.05, 0.1) is 5.56 Å². The largest absolute Gasteiger partial charge is 0.483 e. The maximum Gasteiger partial charge on any atom is 0.262 e. The van der Waals surface area contributed by atoms with Crippen LogP contribution in [-0.2, 0) is 4.79 Å². The number of Topliss-reactive ketones (excluding diaryl/α,β-unsaturated/α-hetero) is 1. The highest BCUT2D eigenvalue weighted by molar-refractivity contribution is 6.04. The summed E-state index contributed by atoms with van der Waals surface area (Å²) >= 11 is 0. The van der Waals surface area contributed by atoms with Crippen LogP contribution in [0, 0.1) is 19.7 Å². The fraction of sp³-hybridized carbons (Fsp3) is 0.300. The maximum atomic E-state index is 14.0. The molecule has 0 heterocycles. The number of fused-ring (bicyclic) bond motifs is 1. The van der Waals surface area contributed by atoms with E-state index in [-0.39, 0.29) is 41.9 Å². The molecular weight excluding hydrogens is 321 g/mol. The fourth-order valence-electron chi connectivity index (χ4n) is 3.28. The molecule has 25 heavy (non-hydrogen) atoms. The zero-order valence-corrected chi connectivity index (χ0v) is 14.5. The second-order valence-corrected chi connectivity index (χ2v) is 6.47. The summed E-state index contributed by atoms with van der Waals surface area (Å²) in [6.45, 7) is 5.39. The fourth-order valence-corrected chi connectivity index (χ4v) is 3.28. The van der Waals surface area contributed by atoms with Crippen molar-refractivity contribution in [2.75, 3.05) is 11.9 Å². The van der Waals surface area contributed by atoms with Crippen molar-refractivity contribution < 1.29 is 18.7 Å². The third kappa shape index (κ3) is 3.27. The number of halogens is 1. The van der Waals surface area contributed by atoms with Crippen LogP contribution < -0.4 is 10.1 Å². The Morgan fingerprint density at radius 2 is 1.92 bits per heavy atom. The number of hydrogen-bond acceptors (Lipinski definition) is 3. The molecule has 1 amide bonds. The second-order valence-electron chi connectivity index (χ2n) is 6.47. The van der Waals surface area contributed by atoms with Gasteiger partial charge in [-0.3, -0.25) is 9.59 Å². The van der Waals surface area contributed by atoms with Crippen LogP contribution in [0.3, 0.4) is 0 Å². The van der Waals surface area contributed by atoms with E-state index >= 15 is 0 Å². The number of aryl methyl sites for hydroxylation is 2. The SMILES string of the molecule is Cc1cccc(C)c1NC(=O)COc1ccc(F)c2c1C(=O)C[C@H]2C. The number of ether oxygens (including phenoxy) is 1. The number of rotatable bonds is 4. The molecule has 1 aliphatic rings. The standard InChI is InChI=1S/C20H20FNO3/c1-11-5-4-6-12(2)20(11)22-17(24)10-25-16-8-7-14(21)18-13(3)9-15(23)19(16)18/h4-8,13H,9-10H2,1-3H3,(H,22,24)/t13-/m1/s1. The molecular formula is C20H20FNO3. The second kappa shape index (κ2) is 6.67. The Labute approximate surface area is 146 Å². The molecule has 0 saturated carbocycles. The minimum absolute atomic E-state index is 0.146. The van der Waals surface area contributed by atoms with Gasteiger partial charge >= 0.3 is 0 Å². The molecule has 0 spiro atoms. The topological polar surface area (TPSA) is 55.4 Å². The van der Waals surface area contributed by atoms with Crippen molar-refractivity contribution >= 4 is 17.4 Å². The minimum Gasteiger partial charge on any atom is -0.483 e. The van der Waals surface area contributed by atoms with Crippen LogP contribution in [0.1, 0.15) is 46.3 Å². The van der Waals surface area contributed by atoms with E-state index in [1.165, 1.54) is 12.1 Å². The smallest absolute Gasteiger partial charge is 0.262 e. The molecule has 0 aliphatic heterocycles. The van der Waals surface area contributed by atoms with Gasteiger partial charge in [-0.25, -0.2) is 4.39 Å². The summed E-state index contributed by atoms with van der Waals surface area (Å²) in [5.74, 6) is -0.779. The first-order valence-electron chi connectivity index (χ1n) is 8.23. The highest BCUT2D eigenvalue weighted by Crippen LogP contribution is 2.39. The summed E-state index contributed by atoms with van der Waals surface area (Å²) in [5.41, 5.74) is 3.33. The summed E-state index contributed by atoms with van der Waals surface area (Å²) < 4.78 is 19.5. The number of carbonyl (C=O) groups is 2. The van der Waals surface area contributed by atoms with Crippen LogP contribution in [0.5, 0.6) is 5.75 Å². The van der Waals surface area contributed by atoms with Crippen molar-refractivity contribution in [2.24, 2.45) is 0 Å². The number of benzene rings is 2. The van der Waals surface area contributed by atoms with Gasteiger partial charge in [-0.15, -0.1) is 0 Å². The molecule has 4 nitrogen and oxygen atoms in total. The number of hydrogen-bond donors (Lipinski definition) is 1. The van der Waals surface area contributed by atoms with E-state index in [9.17, 15) is 14.0 Å². The lowest BCUT2D eigenvalue weighted by Gasteiger charge is -2.14. The van der Waals surface area contributed by atoms with Gasteiger partial charge in [0.15, 0.2) is 12.4 Å². The van der Waals surface area contributed by atoms with Gasteiger partial charge < -0.3 is 10.1 Å². The van der Waals surface area contributed by atoms with Crippen LogP contribution in [0.4, 0.5) is 10.1 Å². The van der Waals surface area contributed by atoms with Crippen LogP contribution in [0.15, 0.2) is 30.3 Å². The predicted molar refractivity (Wildman–Crippen MR) is 93.8 cm³/mol. The Kier molecular flexibility index (Phi) is 4.57. The molecule has 0 unspecified atom stereocenters. The van der Waals surface area contributed by atoms with Crippen LogP contribution in [0.25, 0.3) is 0 Å². The van der Waals surface area contributed by atoms with E-state index in [0.29, 0.717) is 5.56 Å². The highest BCUT2D eigenvalue weighted by atomic mass is 19.1. The molecule has 0 fully saturated rings. The predicted octanol–water partition coefficient (Wildman–Crippen LogP) is 4.15. The number of ketones is 1. The van der Waals surface area contributed by atoms with Gasteiger partial charge in [-0.2, -0.15) is 0 Å².